The first kappa shape index (κ1) is 16.5. The lowest BCUT2D eigenvalue weighted by Crippen LogP contribution is -2.24. The third-order valence-corrected chi connectivity index (χ3v) is 4.81. The van der Waals surface area contributed by atoms with E-state index in [2.05, 4.69) is 15.5 Å². The number of H-pyrrole nitrogens is 1. The number of carbonyl (C=O) groups is 1. The van der Waals surface area contributed by atoms with Gasteiger partial charge in [0.25, 0.3) is 0 Å². The van der Waals surface area contributed by atoms with E-state index in [1.807, 2.05) is 17.5 Å². The minimum atomic E-state index is -0.599. The highest BCUT2D eigenvalue weighted by Gasteiger charge is 2.21. The van der Waals surface area contributed by atoms with E-state index < -0.39 is 6.04 Å². The molecule has 0 aliphatic heterocycles. The second-order valence-electron chi connectivity index (χ2n) is 5.33. The highest BCUT2D eigenvalue weighted by atomic mass is 32.1. The van der Waals surface area contributed by atoms with Gasteiger partial charge in [-0.3, -0.25) is 14.5 Å². The van der Waals surface area contributed by atoms with E-state index in [1.54, 1.807) is 30.5 Å². The van der Waals surface area contributed by atoms with Gasteiger partial charge >= 0.3 is 0 Å². The summed E-state index contributed by atoms with van der Waals surface area (Å²) >= 11 is 6.76. The Labute approximate surface area is 147 Å². The first-order chi connectivity index (χ1) is 11.5. The summed E-state index contributed by atoms with van der Waals surface area (Å²) in [5.74, 6) is -0.0547. The average Bonchev–Trinajstić information content (AvgIpc) is 3.19. The van der Waals surface area contributed by atoms with Gasteiger partial charge in [-0.2, -0.15) is 5.10 Å². The molecule has 0 aliphatic carbocycles. The fourth-order valence-electron chi connectivity index (χ4n) is 2.28. The van der Waals surface area contributed by atoms with Crippen LogP contribution >= 0.6 is 23.6 Å². The number of thiophene rings is 1. The number of amides is 1. The summed E-state index contributed by atoms with van der Waals surface area (Å²) in [6.07, 6.45) is 0. The van der Waals surface area contributed by atoms with Gasteiger partial charge in [-0.15, -0.1) is 11.3 Å². The van der Waals surface area contributed by atoms with E-state index in [4.69, 9.17) is 12.2 Å². The van der Waals surface area contributed by atoms with Gasteiger partial charge in [-0.25, -0.2) is 4.39 Å². The van der Waals surface area contributed by atoms with Crippen molar-refractivity contribution < 1.29 is 9.18 Å². The predicted molar refractivity (Wildman–Crippen MR) is 95.2 cm³/mol. The molecule has 5 nitrogen and oxygen atoms in total. The summed E-state index contributed by atoms with van der Waals surface area (Å²) in [4.78, 5) is 13.4. The van der Waals surface area contributed by atoms with E-state index in [-0.39, 0.29) is 11.7 Å². The van der Waals surface area contributed by atoms with Gasteiger partial charge in [0.15, 0.2) is 10.6 Å². The van der Waals surface area contributed by atoms with Gasteiger partial charge in [0.05, 0.1) is 4.88 Å². The number of aryl methyl sites for hydroxylation is 1. The molecule has 0 bridgehead atoms. The summed E-state index contributed by atoms with van der Waals surface area (Å²) in [7, 11) is 0. The Morgan fingerprint density at radius 3 is 2.92 bits per heavy atom. The van der Waals surface area contributed by atoms with Gasteiger partial charge in [0, 0.05) is 5.69 Å². The van der Waals surface area contributed by atoms with Crippen molar-refractivity contribution >= 4 is 35.1 Å². The molecule has 124 valence electrons. The van der Waals surface area contributed by atoms with Crippen LogP contribution in [0.25, 0.3) is 10.7 Å². The highest BCUT2D eigenvalue weighted by molar-refractivity contribution is 7.71. The number of rotatable bonds is 4. The molecule has 0 saturated heterocycles. The van der Waals surface area contributed by atoms with Crippen LogP contribution in [0.5, 0.6) is 0 Å². The van der Waals surface area contributed by atoms with Crippen LogP contribution in [-0.4, -0.2) is 20.7 Å². The van der Waals surface area contributed by atoms with Crippen LogP contribution in [0.3, 0.4) is 0 Å². The lowest BCUT2D eigenvalue weighted by atomic mass is 10.2. The lowest BCUT2D eigenvalue weighted by molar-refractivity contribution is -0.118. The molecule has 2 aromatic heterocycles. The fraction of sp³-hybridized carbons (Fsp3) is 0.188. The Hall–Kier alpha value is -2.32. The fourth-order valence-corrected chi connectivity index (χ4v) is 3.28. The van der Waals surface area contributed by atoms with Crippen LogP contribution in [0.4, 0.5) is 10.1 Å². The predicted octanol–water partition coefficient (Wildman–Crippen LogP) is 4.32. The molecule has 0 spiro atoms. The molecule has 1 amide bonds. The molecule has 3 rings (SSSR count). The minimum Gasteiger partial charge on any atom is -0.324 e. The molecule has 1 atom stereocenters. The van der Waals surface area contributed by atoms with E-state index in [9.17, 15) is 9.18 Å². The lowest BCUT2D eigenvalue weighted by Gasteiger charge is -2.15. The zero-order chi connectivity index (χ0) is 17.3. The summed E-state index contributed by atoms with van der Waals surface area (Å²) in [5.41, 5.74) is 0.931. The number of benzene rings is 1. The normalized spacial score (nSPS) is 12.1. The molecule has 0 saturated carbocycles. The van der Waals surface area contributed by atoms with Crippen molar-refractivity contribution in [3.8, 4) is 10.7 Å². The number of anilines is 1. The van der Waals surface area contributed by atoms with Crippen LogP contribution in [-0.2, 0) is 4.79 Å². The van der Waals surface area contributed by atoms with Gasteiger partial charge in [0.1, 0.15) is 11.9 Å². The van der Waals surface area contributed by atoms with Gasteiger partial charge in [-0.05, 0) is 55.2 Å². The number of hydrogen-bond donors (Lipinski definition) is 2. The number of hydrogen-bond acceptors (Lipinski definition) is 4. The van der Waals surface area contributed by atoms with Crippen LogP contribution in [0.15, 0.2) is 35.7 Å². The van der Waals surface area contributed by atoms with Crippen LogP contribution in [0.2, 0.25) is 0 Å². The summed E-state index contributed by atoms with van der Waals surface area (Å²) < 4.78 is 15.6. The molecule has 3 aromatic rings. The number of nitrogens with zero attached hydrogens (tertiary/aromatic N) is 2. The van der Waals surface area contributed by atoms with Gasteiger partial charge in [-0.1, -0.05) is 12.1 Å². The molecule has 24 heavy (non-hydrogen) atoms. The number of nitrogens with one attached hydrogen (secondary N) is 2. The topological polar surface area (TPSA) is 62.7 Å². The number of aromatic amines is 1. The molecule has 0 fully saturated rings. The summed E-state index contributed by atoms with van der Waals surface area (Å²) in [6.45, 7) is 3.39. The molecule has 8 heteroatoms. The molecule has 1 aromatic carbocycles. The second-order valence-corrected chi connectivity index (χ2v) is 6.66. The van der Waals surface area contributed by atoms with Crippen molar-refractivity contribution in [2.24, 2.45) is 0 Å². The van der Waals surface area contributed by atoms with E-state index in [0.717, 1.165) is 4.88 Å². The van der Waals surface area contributed by atoms with E-state index in [1.165, 1.54) is 17.4 Å². The molecule has 2 N–H and O–H groups in total. The van der Waals surface area contributed by atoms with Gasteiger partial charge in [0.2, 0.25) is 5.91 Å². The molecule has 0 unspecified atom stereocenters. The van der Waals surface area contributed by atoms with Crippen molar-refractivity contribution in [3.63, 3.8) is 0 Å². The minimum absolute atomic E-state index is 0.298. The summed E-state index contributed by atoms with van der Waals surface area (Å²) in [6, 6.07) is 7.80. The van der Waals surface area contributed by atoms with Crippen LogP contribution in [0, 0.1) is 17.5 Å². The molecule has 0 aliphatic rings. The number of aromatic nitrogens is 3. The Morgan fingerprint density at radius 1 is 1.46 bits per heavy atom. The molecular formula is C16H15FN4OS2. The molecule has 0 radical (unpaired) electrons. The van der Waals surface area contributed by atoms with Crippen LogP contribution < -0.4 is 5.32 Å². The van der Waals surface area contributed by atoms with E-state index in [0.29, 0.717) is 21.8 Å². The smallest absolute Gasteiger partial charge is 0.247 e. The quantitative estimate of drug-likeness (QED) is 0.680. The Morgan fingerprint density at radius 2 is 2.25 bits per heavy atom. The zero-order valence-electron chi connectivity index (χ0n) is 13.0. The third kappa shape index (κ3) is 3.15. The first-order valence-corrected chi connectivity index (χ1v) is 8.54. The molecule has 2 heterocycles. The monoisotopic (exact) mass is 362 g/mol. The number of carbonyl (C=O) groups excluding carboxylic acids is 1. The van der Waals surface area contributed by atoms with Crippen molar-refractivity contribution in [2.75, 3.05) is 5.32 Å². The molecular weight excluding hydrogens is 347 g/mol. The Kier molecular flexibility index (Phi) is 4.59. The highest BCUT2D eigenvalue weighted by Crippen LogP contribution is 2.26. The zero-order valence-corrected chi connectivity index (χ0v) is 14.7. The maximum atomic E-state index is 13.6. The largest absolute Gasteiger partial charge is 0.324 e. The number of halogens is 1. The Bertz CT molecular complexity index is 930. The van der Waals surface area contributed by atoms with Crippen molar-refractivity contribution in [1.29, 1.82) is 0 Å². The summed E-state index contributed by atoms with van der Waals surface area (Å²) in [5, 5.41) is 11.6. The van der Waals surface area contributed by atoms with Crippen molar-refractivity contribution in [3.05, 3.63) is 51.9 Å². The Balaban J connectivity index is 1.88. The van der Waals surface area contributed by atoms with Crippen molar-refractivity contribution in [2.45, 2.75) is 19.9 Å². The standard InChI is InChI=1S/C16H15FN4OS2/c1-9-5-6-11(8-12(9)17)18-15(22)10(2)21-14(19-20-16(21)23)13-4-3-7-24-13/h3-8,10H,1-2H3,(H,18,22)(H,20,23)/t10-/m1/s1. The SMILES string of the molecule is Cc1ccc(NC(=O)[C@@H](C)n2c(-c3cccs3)n[nH]c2=S)cc1F. The average molecular weight is 362 g/mol. The van der Waals surface area contributed by atoms with Crippen LogP contribution in [0.1, 0.15) is 18.5 Å². The van der Waals surface area contributed by atoms with Gasteiger partial charge < -0.3 is 5.32 Å². The maximum Gasteiger partial charge on any atom is 0.247 e. The first-order valence-electron chi connectivity index (χ1n) is 7.25. The van der Waals surface area contributed by atoms with Crippen molar-refractivity contribution in [1.82, 2.24) is 14.8 Å². The third-order valence-electron chi connectivity index (χ3n) is 3.65. The second kappa shape index (κ2) is 6.66. The van der Waals surface area contributed by atoms with E-state index >= 15 is 0 Å². The maximum absolute atomic E-state index is 13.6.